The lowest BCUT2D eigenvalue weighted by atomic mass is 9.71. The minimum Gasteiger partial charge on any atom is -0.207 e. The van der Waals surface area contributed by atoms with Crippen molar-refractivity contribution in [2.75, 3.05) is 0 Å². The molecule has 0 heterocycles. The maximum Gasteiger partial charge on any atom is 0.416 e. The molecule has 0 radical (unpaired) electrons. The Morgan fingerprint density at radius 3 is 1.85 bits per heavy atom. The molecule has 0 amide bonds. The number of benzene rings is 3. The molecule has 3 aromatic carbocycles. The number of alkyl halides is 3. The van der Waals surface area contributed by atoms with Gasteiger partial charge in [-0.2, -0.15) is 13.2 Å². The van der Waals surface area contributed by atoms with Gasteiger partial charge in [-0.25, -0.2) is 8.78 Å². The molecule has 0 fully saturated rings. The second-order valence-electron chi connectivity index (χ2n) is 6.73. The Balaban J connectivity index is 2.18. The van der Waals surface area contributed by atoms with E-state index in [0.717, 1.165) is 17.7 Å². The normalized spacial score (nSPS) is 14.0. The van der Waals surface area contributed by atoms with Crippen LogP contribution in [-0.2, 0) is 18.0 Å². The van der Waals surface area contributed by atoms with Crippen LogP contribution in [0.5, 0.6) is 0 Å². The summed E-state index contributed by atoms with van der Waals surface area (Å²) in [5.41, 5.74) is -0.352. The highest BCUT2D eigenvalue weighted by Crippen LogP contribution is 2.39. The van der Waals surface area contributed by atoms with Gasteiger partial charge in [-0.05, 0) is 53.4 Å². The van der Waals surface area contributed by atoms with Gasteiger partial charge < -0.3 is 0 Å². The summed E-state index contributed by atoms with van der Waals surface area (Å²) in [6.45, 7) is 1.74. The molecule has 5 heteroatoms. The molecular formula is C22H17F5. The van der Waals surface area contributed by atoms with Crippen LogP contribution in [-0.4, -0.2) is 0 Å². The predicted molar refractivity (Wildman–Crippen MR) is 94.4 cm³/mol. The van der Waals surface area contributed by atoms with Crippen molar-refractivity contribution in [2.45, 2.75) is 24.9 Å². The van der Waals surface area contributed by atoms with Gasteiger partial charge in [-0.1, -0.05) is 49.4 Å². The average molecular weight is 376 g/mol. The van der Waals surface area contributed by atoms with Crippen LogP contribution in [0.1, 0.15) is 29.2 Å². The van der Waals surface area contributed by atoms with E-state index in [4.69, 9.17) is 0 Å². The molecule has 3 rings (SSSR count). The van der Waals surface area contributed by atoms with E-state index >= 15 is 0 Å². The van der Waals surface area contributed by atoms with Crippen molar-refractivity contribution in [1.29, 1.82) is 0 Å². The Labute approximate surface area is 154 Å². The monoisotopic (exact) mass is 376 g/mol. The van der Waals surface area contributed by atoms with Crippen LogP contribution in [0.25, 0.3) is 0 Å². The summed E-state index contributed by atoms with van der Waals surface area (Å²) in [5, 5.41) is 0. The molecule has 1 atom stereocenters. The minimum absolute atomic E-state index is 0.185. The first-order valence-electron chi connectivity index (χ1n) is 8.37. The largest absolute Gasteiger partial charge is 0.416 e. The Hall–Kier alpha value is -2.69. The molecule has 0 spiro atoms. The number of rotatable bonds is 4. The molecule has 0 saturated heterocycles. The third-order valence-electron chi connectivity index (χ3n) is 4.74. The molecule has 0 aliphatic heterocycles. The summed E-state index contributed by atoms with van der Waals surface area (Å²) in [7, 11) is 0. The molecule has 3 aromatic rings. The van der Waals surface area contributed by atoms with E-state index in [-0.39, 0.29) is 5.56 Å². The molecule has 0 aromatic heterocycles. The van der Waals surface area contributed by atoms with Gasteiger partial charge in [-0.3, -0.25) is 0 Å². The van der Waals surface area contributed by atoms with Crippen LogP contribution in [0, 0.1) is 11.6 Å². The summed E-state index contributed by atoms with van der Waals surface area (Å²) in [6, 6.07) is 17.3. The van der Waals surface area contributed by atoms with E-state index in [9.17, 15) is 22.0 Å². The van der Waals surface area contributed by atoms with Gasteiger partial charge in [0.2, 0.25) is 0 Å². The maximum atomic E-state index is 14.0. The van der Waals surface area contributed by atoms with Gasteiger partial charge in [0.05, 0.1) is 5.56 Å². The lowest BCUT2D eigenvalue weighted by Gasteiger charge is -2.32. The zero-order valence-electron chi connectivity index (χ0n) is 14.5. The van der Waals surface area contributed by atoms with Gasteiger partial charge in [0.15, 0.2) is 0 Å². The molecule has 0 N–H and O–H groups in total. The molecule has 27 heavy (non-hydrogen) atoms. The molecule has 140 valence electrons. The van der Waals surface area contributed by atoms with Crippen molar-refractivity contribution in [3.63, 3.8) is 0 Å². The van der Waals surface area contributed by atoms with Crippen molar-refractivity contribution in [3.05, 3.63) is 107 Å². The highest BCUT2D eigenvalue weighted by Gasteiger charge is 2.35. The van der Waals surface area contributed by atoms with E-state index in [2.05, 4.69) is 0 Å². The van der Waals surface area contributed by atoms with Crippen LogP contribution in [0.15, 0.2) is 72.8 Å². The molecule has 0 nitrogen and oxygen atoms in total. The topological polar surface area (TPSA) is 0 Å². The SMILES string of the molecule is C[C@](Cc1ccccc1)(c1ccc(F)cc1)c1cc(F)cc(C(F)(F)F)c1. The van der Waals surface area contributed by atoms with Gasteiger partial charge in [0, 0.05) is 5.41 Å². The Morgan fingerprint density at radius 2 is 1.26 bits per heavy atom. The molecular weight excluding hydrogens is 359 g/mol. The van der Waals surface area contributed by atoms with Gasteiger partial charge >= 0.3 is 6.18 Å². The smallest absolute Gasteiger partial charge is 0.207 e. The first-order chi connectivity index (χ1) is 12.7. The molecule has 0 aliphatic carbocycles. The zero-order valence-corrected chi connectivity index (χ0v) is 14.5. The minimum atomic E-state index is -4.66. The number of hydrogen-bond donors (Lipinski definition) is 0. The number of halogens is 5. The van der Waals surface area contributed by atoms with Crippen molar-refractivity contribution in [3.8, 4) is 0 Å². The van der Waals surface area contributed by atoms with Gasteiger partial charge in [0.25, 0.3) is 0 Å². The highest BCUT2D eigenvalue weighted by atomic mass is 19.4. The van der Waals surface area contributed by atoms with E-state index in [1.807, 2.05) is 30.3 Å². The second kappa shape index (κ2) is 7.14. The van der Waals surface area contributed by atoms with E-state index in [0.29, 0.717) is 18.1 Å². The average Bonchev–Trinajstić information content (AvgIpc) is 2.61. The number of hydrogen-bond acceptors (Lipinski definition) is 0. The fourth-order valence-electron chi connectivity index (χ4n) is 3.26. The first kappa shape index (κ1) is 19.1. The summed E-state index contributed by atoms with van der Waals surface area (Å²) >= 11 is 0. The highest BCUT2D eigenvalue weighted by molar-refractivity contribution is 5.43. The van der Waals surface area contributed by atoms with Crippen LogP contribution < -0.4 is 0 Å². The quantitative estimate of drug-likeness (QED) is 0.454. The Bertz CT molecular complexity index is 914. The van der Waals surface area contributed by atoms with Gasteiger partial charge in [0.1, 0.15) is 11.6 Å². The van der Waals surface area contributed by atoms with Crippen molar-refractivity contribution in [1.82, 2.24) is 0 Å². The Morgan fingerprint density at radius 1 is 0.667 bits per heavy atom. The zero-order chi connectivity index (χ0) is 19.7. The van der Waals surface area contributed by atoms with E-state index in [1.165, 1.54) is 24.3 Å². The maximum absolute atomic E-state index is 14.0. The Kier molecular flexibility index (Phi) is 5.05. The molecule has 0 unspecified atom stereocenters. The molecule has 0 bridgehead atoms. The van der Waals surface area contributed by atoms with Gasteiger partial charge in [-0.15, -0.1) is 0 Å². The van der Waals surface area contributed by atoms with Crippen LogP contribution in [0.2, 0.25) is 0 Å². The third kappa shape index (κ3) is 4.18. The van der Waals surface area contributed by atoms with E-state index < -0.39 is 28.8 Å². The third-order valence-corrected chi connectivity index (χ3v) is 4.74. The van der Waals surface area contributed by atoms with Crippen molar-refractivity contribution in [2.24, 2.45) is 0 Å². The summed E-state index contributed by atoms with van der Waals surface area (Å²) in [4.78, 5) is 0. The summed E-state index contributed by atoms with van der Waals surface area (Å²) in [6.07, 6.45) is -4.33. The van der Waals surface area contributed by atoms with Crippen LogP contribution in [0.4, 0.5) is 22.0 Å². The lowest BCUT2D eigenvalue weighted by molar-refractivity contribution is -0.137. The fraction of sp³-hybridized carbons (Fsp3) is 0.182. The first-order valence-corrected chi connectivity index (χ1v) is 8.37. The summed E-state index contributed by atoms with van der Waals surface area (Å²) in [5.74, 6) is -1.41. The van der Waals surface area contributed by atoms with Crippen LogP contribution >= 0.6 is 0 Å². The summed E-state index contributed by atoms with van der Waals surface area (Å²) < 4.78 is 67.0. The second-order valence-corrected chi connectivity index (χ2v) is 6.73. The standard InChI is InChI=1S/C22H17F5/c1-21(14-15-5-3-2-4-6-15,16-7-9-19(23)10-8-16)17-11-18(22(25,26)27)13-20(24)12-17/h2-13H,14H2,1H3/t21-/m0/s1. The fourth-order valence-corrected chi connectivity index (χ4v) is 3.26. The lowest BCUT2D eigenvalue weighted by Crippen LogP contribution is -2.27. The van der Waals surface area contributed by atoms with Crippen LogP contribution in [0.3, 0.4) is 0 Å². The van der Waals surface area contributed by atoms with Crippen molar-refractivity contribution < 1.29 is 22.0 Å². The molecule has 0 aliphatic rings. The predicted octanol–water partition coefficient (Wildman–Crippen LogP) is 6.53. The molecule has 0 saturated carbocycles. The van der Waals surface area contributed by atoms with Crippen molar-refractivity contribution >= 4 is 0 Å². The van der Waals surface area contributed by atoms with E-state index in [1.54, 1.807) is 6.92 Å².